The number of carbonyl (C=O) groups excluding carboxylic acids is 2. The predicted octanol–water partition coefficient (Wildman–Crippen LogP) is 3.12. The molecule has 0 bridgehead atoms. The number of rotatable bonds is 6. The third-order valence-electron chi connectivity index (χ3n) is 5.31. The summed E-state index contributed by atoms with van der Waals surface area (Å²) in [4.78, 5) is 26.9. The van der Waals surface area contributed by atoms with Crippen molar-refractivity contribution < 1.29 is 9.59 Å². The molecule has 4 heteroatoms. The van der Waals surface area contributed by atoms with Crippen LogP contribution in [0.1, 0.15) is 51.0 Å². The topological polar surface area (TPSA) is 49.4 Å². The van der Waals surface area contributed by atoms with Crippen LogP contribution < -0.4 is 5.32 Å². The Hall–Kier alpha value is -1.84. The zero-order valence-corrected chi connectivity index (χ0v) is 14.5. The summed E-state index contributed by atoms with van der Waals surface area (Å²) in [7, 11) is 0. The van der Waals surface area contributed by atoms with Crippen molar-refractivity contribution >= 4 is 11.8 Å². The highest BCUT2D eigenvalue weighted by Gasteiger charge is 2.49. The number of hydrogen-bond acceptors (Lipinski definition) is 2. The molecule has 24 heavy (non-hydrogen) atoms. The van der Waals surface area contributed by atoms with E-state index in [4.69, 9.17) is 0 Å². The van der Waals surface area contributed by atoms with Gasteiger partial charge in [-0.15, -0.1) is 0 Å². The normalized spacial score (nSPS) is 23.5. The molecular formula is C20H28N2O2. The molecule has 0 saturated heterocycles. The molecule has 0 spiro atoms. The summed E-state index contributed by atoms with van der Waals surface area (Å²) in [5.74, 6) is 0.00247. The summed E-state index contributed by atoms with van der Waals surface area (Å²) >= 11 is 0. The monoisotopic (exact) mass is 328 g/mol. The Balaban J connectivity index is 1.51. The molecule has 2 aliphatic rings. The van der Waals surface area contributed by atoms with Crippen molar-refractivity contribution in [1.82, 2.24) is 10.2 Å². The number of nitrogens with zero attached hydrogens (tertiary/aromatic N) is 1. The average molecular weight is 328 g/mol. The molecule has 0 aromatic heterocycles. The van der Waals surface area contributed by atoms with Crippen LogP contribution in [0, 0.1) is 11.8 Å². The molecule has 2 unspecified atom stereocenters. The Bertz CT molecular complexity index is 566. The van der Waals surface area contributed by atoms with Gasteiger partial charge in [-0.1, -0.05) is 49.6 Å². The van der Waals surface area contributed by atoms with Gasteiger partial charge in [-0.2, -0.15) is 0 Å². The highest BCUT2D eigenvalue weighted by atomic mass is 16.2. The number of benzene rings is 1. The summed E-state index contributed by atoms with van der Waals surface area (Å²) < 4.78 is 0. The maximum Gasteiger partial charge on any atom is 0.226 e. The molecule has 2 atom stereocenters. The van der Waals surface area contributed by atoms with E-state index in [0.29, 0.717) is 25.6 Å². The van der Waals surface area contributed by atoms with Crippen molar-refractivity contribution in [2.24, 2.45) is 11.8 Å². The minimum Gasteiger partial charge on any atom is -0.353 e. The van der Waals surface area contributed by atoms with Crippen LogP contribution in [0.3, 0.4) is 0 Å². The van der Waals surface area contributed by atoms with Gasteiger partial charge in [-0.3, -0.25) is 9.59 Å². The first-order valence-electron chi connectivity index (χ1n) is 9.32. The lowest BCUT2D eigenvalue weighted by Crippen LogP contribution is -2.38. The minimum atomic E-state index is -0.114. The fourth-order valence-electron chi connectivity index (χ4n) is 3.70. The highest BCUT2D eigenvalue weighted by Crippen LogP contribution is 2.40. The molecule has 3 rings (SSSR count). The zero-order valence-electron chi connectivity index (χ0n) is 14.5. The molecule has 0 radical (unpaired) electrons. The summed E-state index contributed by atoms with van der Waals surface area (Å²) in [6.45, 7) is 3.31. The number of carbonyl (C=O) groups is 2. The molecule has 1 aromatic rings. The van der Waals surface area contributed by atoms with Gasteiger partial charge >= 0.3 is 0 Å². The Morgan fingerprint density at radius 3 is 2.46 bits per heavy atom. The maximum absolute atomic E-state index is 12.7. The van der Waals surface area contributed by atoms with Crippen molar-refractivity contribution in [2.75, 3.05) is 6.54 Å². The first-order valence-corrected chi connectivity index (χ1v) is 9.32. The molecule has 130 valence electrons. The van der Waals surface area contributed by atoms with Crippen molar-refractivity contribution in [1.29, 1.82) is 0 Å². The van der Waals surface area contributed by atoms with E-state index in [1.807, 2.05) is 42.2 Å². The van der Waals surface area contributed by atoms with Crippen LogP contribution in [0.4, 0.5) is 0 Å². The average Bonchev–Trinajstić information content (AvgIpc) is 3.42. The second-order valence-corrected chi connectivity index (χ2v) is 7.13. The van der Waals surface area contributed by atoms with Gasteiger partial charge in [0.25, 0.3) is 0 Å². The predicted molar refractivity (Wildman–Crippen MR) is 94.1 cm³/mol. The molecule has 1 aromatic carbocycles. The molecule has 2 amide bonds. The lowest BCUT2D eigenvalue weighted by atomic mass is 9.95. The third kappa shape index (κ3) is 4.16. The van der Waals surface area contributed by atoms with Crippen LogP contribution in [-0.2, 0) is 16.1 Å². The van der Waals surface area contributed by atoms with Gasteiger partial charge in [-0.25, -0.2) is 0 Å². The van der Waals surface area contributed by atoms with Crippen LogP contribution in [0.2, 0.25) is 0 Å². The van der Waals surface area contributed by atoms with Crippen molar-refractivity contribution in [3.05, 3.63) is 35.9 Å². The quantitative estimate of drug-likeness (QED) is 0.872. The number of amides is 2. The molecule has 2 aliphatic carbocycles. The van der Waals surface area contributed by atoms with Gasteiger partial charge in [0, 0.05) is 19.1 Å². The van der Waals surface area contributed by atoms with Gasteiger partial charge in [0.15, 0.2) is 0 Å². The molecular weight excluding hydrogens is 300 g/mol. The van der Waals surface area contributed by atoms with Crippen LogP contribution in [-0.4, -0.2) is 29.3 Å². The van der Waals surface area contributed by atoms with Gasteiger partial charge in [0.1, 0.15) is 0 Å². The van der Waals surface area contributed by atoms with Crippen LogP contribution in [0.15, 0.2) is 30.3 Å². The fourth-order valence-corrected chi connectivity index (χ4v) is 3.70. The van der Waals surface area contributed by atoms with E-state index in [2.05, 4.69) is 5.32 Å². The second-order valence-electron chi connectivity index (χ2n) is 7.13. The third-order valence-corrected chi connectivity index (χ3v) is 5.31. The molecule has 2 fully saturated rings. The van der Waals surface area contributed by atoms with Crippen molar-refractivity contribution in [2.45, 2.75) is 58.0 Å². The highest BCUT2D eigenvalue weighted by molar-refractivity contribution is 5.92. The van der Waals surface area contributed by atoms with Gasteiger partial charge in [0.05, 0.1) is 11.8 Å². The Morgan fingerprint density at radius 1 is 1.08 bits per heavy atom. The lowest BCUT2D eigenvalue weighted by molar-refractivity contribution is -0.135. The Labute approximate surface area is 144 Å². The SMILES string of the molecule is CCN(Cc1ccccc1)C(=O)C1CC1C(=O)NC1CCCCC1. The first-order chi connectivity index (χ1) is 11.7. The molecule has 0 heterocycles. The number of hydrogen-bond donors (Lipinski definition) is 1. The molecule has 2 saturated carbocycles. The van der Waals surface area contributed by atoms with E-state index in [1.165, 1.54) is 19.3 Å². The van der Waals surface area contributed by atoms with Crippen LogP contribution >= 0.6 is 0 Å². The van der Waals surface area contributed by atoms with E-state index >= 15 is 0 Å². The largest absolute Gasteiger partial charge is 0.353 e. The summed E-state index contributed by atoms with van der Waals surface area (Å²) in [5, 5.41) is 3.16. The van der Waals surface area contributed by atoms with E-state index < -0.39 is 0 Å². The molecule has 1 N–H and O–H groups in total. The van der Waals surface area contributed by atoms with Gasteiger partial charge < -0.3 is 10.2 Å². The van der Waals surface area contributed by atoms with Gasteiger partial charge in [-0.05, 0) is 31.7 Å². The van der Waals surface area contributed by atoms with Crippen LogP contribution in [0.25, 0.3) is 0 Å². The fraction of sp³-hybridized carbons (Fsp3) is 0.600. The van der Waals surface area contributed by atoms with E-state index in [9.17, 15) is 9.59 Å². The minimum absolute atomic E-state index is 0.0935. The smallest absolute Gasteiger partial charge is 0.226 e. The van der Waals surface area contributed by atoms with Crippen molar-refractivity contribution in [3.63, 3.8) is 0 Å². The molecule has 0 aliphatic heterocycles. The van der Waals surface area contributed by atoms with Crippen molar-refractivity contribution in [3.8, 4) is 0 Å². The lowest BCUT2D eigenvalue weighted by Gasteiger charge is -2.23. The standard InChI is InChI=1S/C20H28N2O2/c1-2-22(14-15-9-5-3-6-10-15)20(24)18-13-17(18)19(23)21-16-11-7-4-8-12-16/h3,5-6,9-10,16-18H,2,4,7-8,11-14H2,1H3,(H,21,23). The summed E-state index contributed by atoms with van der Waals surface area (Å²) in [5.41, 5.74) is 1.14. The summed E-state index contributed by atoms with van der Waals surface area (Å²) in [6.07, 6.45) is 6.58. The summed E-state index contributed by atoms with van der Waals surface area (Å²) in [6, 6.07) is 10.4. The van der Waals surface area contributed by atoms with E-state index in [-0.39, 0.29) is 23.7 Å². The Kier molecular flexibility index (Phi) is 5.54. The van der Waals surface area contributed by atoms with E-state index in [0.717, 1.165) is 18.4 Å². The second kappa shape index (κ2) is 7.82. The zero-order chi connectivity index (χ0) is 16.9. The maximum atomic E-state index is 12.7. The van der Waals surface area contributed by atoms with E-state index in [1.54, 1.807) is 0 Å². The van der Waals surface area contributed by atoms with Gasteiger partial charge in [0.2, 0.25) is 11.8 Å². The first kappa shape index (κ1) is 17.0. The molecule has 4 nitrogen and oxygen atoms in total. The van der Waals surface area contributed by atoms with Crippen LogP contribution in [0.5, 0.6) is 0 Å². The number of nitrogens with one attached hydrogen (secondary N) is 1. The Morgan fingerprint density at radius 2 is 1.79 bits per heavy atom.